The lowest BCUT2D eigenvalue weighted by Crippen LogP contribution is -2.17. The van der Waals surface area contributed by atoms with E-state index in [-0.39, 0.29) is 5.69 Å². The molecular formula is C19H18N4O. The predicted molar refractivity (Wildman–Crippen MR) is 96.5 cm³/mol. The third kappa shape index (κ3) is 2.38. The fraction of sp³-hybridized carbons (Fsp3) is 0.211. The number of hydrogen-bond donors (Lipinski definition) is 1. The molecule has 0 saturated carbocycles. The Kier molecular flexibility index (Phi) is 3.41. The summed E-state index contributed by atoms with van der Waals surface area (Å²) in [6.07, 6.45) is 1.81. The van der Waals surface area contributed by atoms with E-state index in [0.29, 0.717) is 12.2 Å². The molecule has 1 N–H and O–H groups in total. The molecular weight excluding hydrogens is 300 g/mol. The molecule has 120 valence electrons. The van der Waals surface area contributed by atoms with E-state index < -0.39 is 0 Å². The monoisotopic (exact) mass is 318 g/mol. The molecule has 0 atom stereocenters. The minimum Gasteiger partial charge on any atom is -0.290 e. The second kappa shape index (κ2) is 5.60. The number of hydrogen-bond acceptors (Lipinski definition) is 3. The van der Waals surface area contributed by atoms with Crippen LogP contribution in [0, 0.1) is 0 Å². The number of H-pyrrole nitrogens is 1. The van der Waals surface area contributed by atoms with Crippen LogP contribution in [0.25, 0.3) is 16.7 Å². The highest BCUT2D eigenvalue weighted by Crippen LogP contribution is 2.26. The smallest absolute Gasteiger partial charge is 0.290 e. The van der Waals surface area contributed by atoms with Crippen LogP contribution in [-0.2, 0) is 6.54 Å². The van der Waals surface area contributed by atoms with Gasteiger partial charge in [-0.25, -0.2) is 9.78 Å². The Balaban J connectivity index is 1.85. The van der Waals surface area contributed by atoms with E-state index in [4.69, 9.17) is 0 Å². The number of aromatic amines is 1. The molecule has 3 heterocycles. The van der Waals surface area contributed by atoms with Gasteiger partial charge in [-0.3, -0.25) is 14.5 Å². The normalized spacial score (nSPS) is 14.5. The standard InChI is InChI=1S/C19H18N4O/c1-12-9-20-13(2)17(12)15-8-16-18(21-10-15)22-19(24)23(16)11-14-6-4-3-5-7-14/h3-8,10H,9,11H2,1-2H3,(H,21,22,24). The van der Waals surface area contributed by atoms with Gasteiger partial charge in [0.2, 0.25) is 0 Å². The first kappa shape index (κ1) is 14.6. The molecule has 0 saturated heterocycles. The van der Waals surface area contributed by atoms with Crippen LogP contribution in [0.4, 0.5) is 0 Å². The molecule has 3 aromatic rings. The lowest BCUT2D eigenvalue weighted by molar-refractivity contribution is 0.787. The number of pyridine rings is 1. The number of rotatable bonds is 3. The van der Waals surface area contributed by atoms with Gasteiger partial charge in [-0.05, 0) is 31.1 Å². The van der Waals surface area contributed by atoms with Crippen LogP contribution < -0.4 is 5.69 Å². The maximum Gasteiger partial charge on any atom is 0.327 e. The second-order valence-electron chi connectivity index (χ2n) is 6.15. The number of imidazole rings is 1. The van der Waals surface area contributed by atoms with Crippen molar-refractivity contribution in [3.8, 4) is 0 Å². The van der Waals surface area contributed by atoms with E-state index in [9.17, 15) is 4.79 Å². The molecule has 24 heavy (non-hydrogen) atoms. The first-order chi connectivity index (χ1) is 11.6. The zero-order valence-corrected chi connectivity index (χ0v) is 13.7. The summed E-state index contributed by atoms with van der Waals surface area (Å²) >= 11 is 0. The third-order valence-corrected chi connectivity index (χ3v) is 4.44. The summed E-state index contributed by atoms with van der Waals surface area (Å²) in [5.41, 5.74) is 6.80. The molecule has 5 heteroatoms. The van der Waals surface area contributed by atoms with Gasteiger partial charge in [0.05, 0.1) is 18.6 Å². The average molecular weight is 318 g/mol. The van der Waals surface area contributed by atoms with Crippen LogP contribution in [0.5, 0.6) is 0 Å². The van der Waals surface area contributed by atoms with Crippen LogP contribution in [-0.4, -0.2) is 26.8 Å². The van der Waals surface area contributed by atoms with Gasteiger partial charge < -0.3 is 0 Å². The molecule has 5 nitrogen and oxygen atoms in total. The van der Waals surface area contributed by atoms with Gasteiger partial charge in [0.1, 0.15) is 0 Å². The highest BCUT2D eigenvalue weighted by molar-refractivity contribution is 6.25. The Labute approximate surface area is 139 Å². The summed E-state index contributed by atoms with van der Waals surface area (Å²) in [5.74, 6) is 0. The lowest BCUT2D eigenvalue weighted by atomic mass is 10.0. The largest absolute Gasteiger partial charge is 0.327 e. The molecule has 0 bridgehead atoms. The van der Waals surface area contributed by atoms with Gasteiger partial charge in [0.25, 0.3) is 0 Å². The van der Waals surface area contributed by atoms with Crippen LogP contribution >= 0.6 is 0 Å². The molecule has 0 spiro atoms. The van der Waals surface area contributed by atoms with E-state index >= 15 is 0 Å². The highest BCUT2D eigenvalue weighted by Gasteiger charge is 2.17. The Morgan fingerprint density at radius 3 is 2.71 bits per heavy atom. The molecule has 1 aromatic carbocycles. The summed E-state index contributed by atoms with van der Waals surface area (Å²) in [4.78, 5) is 24.1. The van der Waals surface area contributed by atoms with Crippen molar-refractivity contribution in [2.75, 3.05) is 6.54 Å². The van der Waals surface area contributed by atoms with Gasteiger partial charge in [-0.1, -0.05) is 30.3 Å². The van der Waals surface area contributed by atoms with E-state index in [1.54, 1.807) is 4.57 Å². The molecule has 1 aliphatic rings. The fourth-order valence-electron chi connectivity index (χ4n) is 3.25. The SMILES string of the molecule is CC1=NCC(C)=C1c1cnc2[nH]c(=O)n(Cc3ccccc3)c2c1. The average Bonchev–Trinajstić information content (AvgIpc) is 3.08. The third-order valence-electron chi connectivity index (χ3n) is 4.44. The van der Waals surface area contributed by atoms with Gasteiger partial charge in [-0.15, -0.1) is 0 Å². The maximum atomic E-state index is 12.3. The van der Waals surface area contributed by atoms with E-state index in [0.717, 1.165) is 34.5 Å². The predicted octanol–water partition coefficient (Wildman–Crippen LogP) is 3.02. The van der Waals surface area contributed by atoms with Crippen LogP contribution in [0.3, 0.4) is 0 Å². The van der Waals surface area contributed by atoms with E-state index in [1.165, 1.54) is 5.57 Å². The van der Waals surface area contributed by atoms with E-state index in [2.05, 4.69) is 21.9 Å². The molecule has 1 aliphatic heterocycles. The molecule has 0 radical (unpaired) electrons. The van der Waals surface area contributed by atoms with Gasteiger partial charge in [-0.2, -0.15) is 0 Å². The minimum absolute atomic E-state index is 0.138. The zero-order chi connectivity index (χ0) is 16.7. The number of fused-ring (bicyclic) bond motifs is 1. The quantitative estimate of drug-likeness (QED) is 0.807. The number of nitrogens with one attached hydrogen (secondary N) is 1. The van der Waals surface area contributed by atoms with Gasteiger partial charge in [0, 0.05) is 23.0 Å². The van der Waals surface area contributed by atoms with Crippen molar-refractivity contribution in [3.63, 3.8) is 0 Å². The Bertz CT molecular complexity index is 1040. The fourth-order valence-corrected chi connectivity index (χ4v) is 3.25. The first-order valence-electron chi connectivity index (χ1n) is 7.97. The minimum atomic E-state index is -0.138. The van der Waals surface area contributed by atoms with Crippen molar-refractivity contribution < 1.29 is 0 Å². The Hall–Kier alpha value is -2.95. The van der Waals surface area contributed by atoms with Crippen LogP contribution in [0.1, 0.15) is 25.0 Å². The maximum absolute atomic E-state index is 12.3. The lowest BCUT2D eigenvalue weighted by Gasteiger charge is -2.07. The van der Waals surface area contributed by atoms with Crippen molar-refractivity contribution in [1.82, 2.24) is 14.5 Å². The first-order valence-corrected chi connectivity index (χ1v) is 7.97. The van der Waals surface area contributed by atoms with Crippen molar-refractivity contribution in [3.05, 3.63) is 69.8 Å². The van der Waals surface area contributed by atoms with Crippen molar-refractivity contribution in [1.29, 1.82) is 0 Å². The number of aromatic nitrogens is 3. The highest BCUT2D eigenvalue weighted by atomic mass is 16.1. The Morgan fingerprint density at radius 2 is 2.00 bits per heavy atom. The summed E-state index contributed by atoms with van der Waals surface area (Å²) in [7, 11) is 0. The van der Waals surface area contributed by atoms with Crippen molar-refractivity contribution in [2.24, 2.45) is 4.99 Å². The topological polar surface area (TPSA) is 63.0 Å². The van der Waals surface area contributed by atoms with Crippen LogP contribution in [0.2, 0.25) is 0 Å². The molecule has 2 aromatic heterocycles. The number of aliphatic imine (C=N–C) groups is 1. The van der Waals surface area contributed by atoms with Crippen molar-refractivity contribution >= 4 is 22.4 Å². The van der Waals surface area contributed by atoms with E-state index in [1.807, 2.05) is 49.5 Å². The van der Waals surface area contributed by atoms with Crippen molar-refractivity contribution in [2.45, 2.75) is 20.4 Å². The molecule has 0 aliphatic carbocycles. The number of benzene rings is 1. The summed E-state index contributed by atoms with van der Waals surface area (Å²) in [5, 5.41) is 0. The van der Waals surface area contributed by atoms with Gasteiger partial charge in [0.15, 0.2) is 5.65 Å². The summed E-state index contributed by atoms with van der Waals surface area (Å²) in [6, 6.07) is 12.0. The molecule has 0 unspecified atom stereocenters. The second-order valence-corrected chi connectivity index (χ2v) is 6.15. The summed E-state index contributed by atoms with van der Waals surface area (Å²) in [6.45, 7) is 5.37. The molecule has 0 fully saturated rings. The van der Waals surface area contributed by atoms with Crippen LogP contribution in [0.15, 0.2) is 58.0 Å². The zero-order valence-electron chi connectivity index (χ0n) is 13.7. The molecule has 0 amide bonds. The number of nitrogens with zero attached hydrogens (tertiary/aromatic N) is 3. The Morgan fingerprint density at radius 1 is 1.21 bits per heavy atom. The molecule has 4 rings (SSSR count). The number of allylic oxidation sites excluding steroid dienone is 1. The summed E-state index contributed by atoms with van der Waals surface area (Å²) < 4.78 is 1.73. The van der Waals surface area contributed by atoms with Gasteiger partial charge >= 0.3 is 5.69 Å².